The first-order valence-corrected chi connectivity index (χ1v) is 14.3. The van der Waals surface area contributed by atoms with Crippen LogP contribution in [-0.2, 0) is 19.1 Å². The Balaban J connectivity index is 1.54. The molecule has 4 heterocycles. The summed E-state index contributed by atoms with van der Waals surface area (Å²) in [5.41, 5.74) is 3.58. The number of nitrogens with one attached hydrogen (secondary N) is 2. The smallest absolute Gasteiger partial charge is 0.405 e. The molecule has 1 fully saturated rings. The minimum Gasteiger partial charge on any atom is -0.591 e. The Labute approximate surface area is 234 Å². The first kappa shape index (κ1) is 28.5. The second-order valence-corrected chi connectivity index (χ2v) is 11.1. The number of aromatic nitrogens is 2. The number of primary amides is 1. The fraction of sp³-hybridized carbons (Fsp3) is 0.364. The molecule has 2 unspecified atom stereocenters. The van der Waals surface area contributed by atoms with Gasteiger partial charge in [-0.05, 0) is 34.9 Å². The number of carboxylic acids is 1. The van der Waals surface area contributed by atoms with Gasteiger partial charge in [-0.1, -0.05) is 17.8 Å². The molecule has 17 heteroatoms. The van der Waals surface area contributed by atoms with E-state index in [2.05, 4.69) is 15.7 Å². The molecule has 2 aromatic heterocycles. The molecular weight excluding hydrogens is 572 g/mol. The van der Waals surface area contributed by atoms with E-state index in [0.717, 1.165) is 16.7 Å². The van der Waals surface area contributed by atoms with Gasteiger partial charge in [0.25, 0.3) is 17.5 Å². The number of carbonyl (C=O) groups is 4. The predicted molar refractivity (Wildman–Crippen MR) is 141 cm³/mol. The molecule has 2 aliphatic heterocycles. The van der Waals surface area contributed by atoms with Crippen LogP contribution in [0.15, 0.2) is 45.9 Å². The average molecular weight is 597 g/mol. The molecule has 4 rings (SSSR count). The third-order valence-corrected chi connectivity index (χ3v) is 9.07. The van der Waals surface area contributed by atoms with Crippen molar-refractivity contribution in [2.24, 2.45) is 5.73 Å². The number of ether oxygens (including phenoxy) is 2. The topological polar surface area (TPSA) is 200 Å². The van der Waals surface area contributed by atoms with Gasteiger partial charge in [0.2, 0.25) is 0 Å². The van der Waals surface area contributed by atoms with Crippen molar-refractivity contribution < 1.29 is 38.6 Å². The average Bonchev–Trinajstić information content (AvgIpc) is 3.44. The number of β-lactam (4-membered cyclic amide) rings is 1. The van der Waals surface area contributed by atoms with Gasteiger partial charge < -0.3 is 36.2 Å². The number of urea groups is 1. The minimum atomic E-state index is -1.86. The van der Waals surface area contributed by atoms with Gasteiger partial charge in [0.05, 0.1) is 12.7 Å². The molecule has 1 saturated heterocycles. The number of thioether (sulfide) groups is 2. The second-order valence-electron chi connectivity index (χ2n) is 8.09. The number of amides is 4. The molecule has 14 nitrogen and oxygen atoms in total. The molecule has 4 amide bonds. The number of methoxy groups -OCH3 is 1. The van der Waals surface area contributed by atoms with E-state index in [-0.39, 0.29) is 23.1 Å². The number of hydrogen-bond donors (Lipinski definition) is 4. The molecular formula is C22H24N6O8S3. The highest BCUT2D eigenvalue weighted by molar-refractivity contribution is 8.01. The zero-order valence-electron chi connectivity index (χ0n) is 20.6. The zero-order valence-corrected chi connectivity index (χ0v) is 23.1. The Hall–Kier alpha value is -3.54. The molecule has 0 aromatic carbocycles. The van der Waals surface area contributed by atoms with E-state index in [1.807, 2.05) is 0 Å². The van der Waals surface area contributed by atoms with Crippen LogP contribution in [0.4, 0.5) is 4.79 Å². The number of nitrogens with zero attached hydrogens (tertiary/aromatic N) is 3. The van der Waals surface area contributed by atoms with E-state index in [4.69, 9.17) is 15.2 Å². The first-order chi connectivity index (χ1) is 18.6. The quantitative estimate of drug-likeness (QED) is 0.0919. The summed E-state index contributed by atoms with van der Waals surface area (Å²) < 4.78 is 10.6. The lowest BCUT2D eigenvalue weighted by Gasteiger charge is -2.56. The van der Waals surface area contributed by atoms with Crippen LogP contribution in [0.1, 0.15) is 17.8 Å². The number of nitrogens with two attached hydrogens (primary N) is 1. The van der Waals surface area contributed by atoms with Crippen LogP contribution in [0.5, 0.6) is 5.88 Å². The third-order valence-electron chi connectivity index (χ3n) is 5.75. The van der Waals surface area contributed by atoms with E-state index >= 15 is 0 Å². The predicted octanol–water partition coefficient (Wildman–Crippen LogP) is 0.390. The van der Waals surface area contributed by atoms with Crippen LogP contribution in [0, 0.1) is 5.21 Å². The normalized spacial score (nSPS) is 21.0. The lowest BCUT2D eigenvalue weighted by molar-refractivity contribution is -0.678. The van der Waals surface area contributed by atoms with Gasteiger partial charge in [0.1, 0.15) is 17.1 Å². The van der Waals surface area contributed by atoms with Crippen LogP contribution in [0.3, 0.4) is 0 Å². The monoisotopic (exact) mass is 596 g/mol. The van der Waals surface area contributed by atoms with Crippen LogP contribution in [0.25, 0.3) is 0 Å². The van der Waals surface area contributed by atoms with Gasteiger partial charge in [-0.3, -0.25) is 14.5 Å². The fourth-order valence-electron chi connectivity index (χ4n) is 4.04. The van der Waals surface area contributed by atoms with Gasteiger partial charge in [0, 0.05) is 28.6 Å². The molecule has 0 aliphatic carbocycles. The zero-order chi connectivity index (χ0) is 28.3. The number of aliphatic carboxylic acids is 1. The number of rotatable bonds is 11. The van der Waals surface area contributed by atoms with Crippen molar-refractivity contribution in [3.63, 3.8) is 0 Å². The van der Waals surface area contributed by atoms with Gasteiger partial charge in [0.15, 0.2) is 5.03 Å². The Bertz CT molecular complexity index is 1320. The van der Waals surface area contributed by atoms with Crippen LogP contribution in [-0.4, -0.2) is 75.2 Å². The lowest BCUT2D eigenvalue weighted by atomic mass is 9.97. The Kier molecular flexibility index (Phi) is 8.53. The van der Waals surface area contributed by atoms with Crippen molar-refractivity contribution >= 4 is 58.7 Å². The second kappa shape index (κ2) is 11.7. The van der Waals surface area contributed by atoms with Crippen LogP contribution < -0.4 is 25.9 Å². The molecule has 0 bridgehead atoms. The van der Waals surface area contributed by atoms with E-state index in [0.29, 0.717) is 26.9 Å². The van der Waals surface area contributed by atoms with Crippen molar-refractivity contribution in [1.82, 2.24) is 20.6 Å². The molecule has 2 aliphatic rings. The molecule has 39 heavy (non-hydrogen) atoms. The highest BCUT2D eigenvalue weighted by Crippen LogP contribution is 2.47. The first-order valence-electron chi connectivity index (χ1n) is 11.4. The number of fused-ring (bicyclic) bond motifs is 1. The molecule has 3 atom stereocenters. The lowest BCUT2D eigenvalue weighted by Crippen LogP contribution is -2.81. The maximum Gasteiger partial charge on any atom is 0.405 e. The molecule has 5 N–H and O–H groups in total. The number of carbonyl (C=O) groups excluding carboxylic acids is 3. The summed E-state index contributed by atoms with van der Waals surface area (Å²) in [4.78, 5) is 52.2. The van der Waals surface area contributed by atoms with Crippen molar-refractivity contribution in [2.45, 2.75) is 29.1 Å². The van der Waals surface area contributed by atoms with E-state index in [1.165, 1.54) is 36.3 Å². The highest BCUT2D eigenvalue weighted by Gasteiger charge is 2.67. The standard InChI is InChI=1S/C22H24N6O8S3/c1-3-36-14-7-6-13(26-28(14)34)38-9-11-10-39-20-22(35-2,19(32)27(20)16(11)18(30)31)25-17(29)15(24-21(23)33)12-5-4-8-37-12/h4-8,15,20H,3,9-10H2,1-2H3,(H,25,29)(H,30,31)(H3,23,24,33)/t15?,20?,22-/m1/s1. The highest BCUT2D eigenvalue weighted by atomic mass is 32.2. The Morgan fingerprint density at radius 3 is 2.77 bits per heavy atom. The summed E-state index contributed by atoms with van der Waals surface area (Å²) in [5, 5.41) is 31.9. The number of hydrogen-bond acceptors (Lipinski definition) is 11. The van der Waals surface area contributed by atoms with Crippen LogP contribution in [0.2, 0.25) is 0 Å². The maximum absolute atomic E-state index is 13.4. The van der Waals surface area contributed by atoms with Gasteiger partial charge in [-0.2, -0.15) is 0 Å². The summed E-state index contributed by atoms with van der Waals surface area (Å²) in [6, 6.07) is 4.23. The molecule has 208 valence electrons. The van der Waals surface area contributed by atoms with Gasteiger partial charge in [-0.25, -0.2) is 9.59 Å². The van der Waals surface area contributed by atoms with Crippen molar-refractivity contribution in [3.05, 3.63) is 51.0 Å². The van der Waals surface area contributed by atoms with Crippen molar-refractivity contribution in [3.8, 4) is 5.88 Å². The molecule has 0 saturated carbocycles. The Morgan fingerprint density at radius 1 is 1.41 bits per heavy atom. The van der Waals surface area contributed by atoms with E-state index in [1.54, 1.807) is 30.5 Å². The summed E-state index contributed by atoms with van der Waals surface area (Å²) in [7, 11) is 1.23. The SMILES string of the molecule is CCOc1ccc(SCC2=C(C(=O)O)N3C(=O)[C@@](NC(=O)C(NC(N)=O)c4cccs4)(OC)C3SC2)n[n+]1[O-]. The molecule has 0 spiro atoms. The summed E-state index contributed by atoms with van der Waals surface area (Å²) in [6.07, 6.45) is 0. The van der Waals surface area contributed by atoms with Crippen molar-refractivity contribution in [1.29, 1.82) is 0 Å². The van der Waals surface area contributed by atoms with Crippen molar-refractivity contribution in [2.75, 3.05) is 25.2 Å². The minimum absolute atomic E-state index is 0.0415. The number of carboxylic acid groups (broad SMARTS) is 1. The van der Waals surface area contributed by atoms with Gasteiger partial charge >= 0.3 is 17.9 Å². The third kappa shape index (κ3) is 5.47. The van der Waals surface area contributed by atoms with E-state index < -0.39 is 41.0 Å². The molecule has 2 aromatic rings. The summed E-state index contributed by atoms with van der Waals surface area (Å²) >= 11 is 3.54. The van der Waals surface area contributed by atoms with Crippen LogP contribution >= 0.6 is 34.9 Å². The molecule has 0 radical (unpaired) electrons. The largest absolute Gasteiger partial charge is 0.591 e. The Morgan fingerprint density at radius 2 is 2.18 bits per heavy atom. The van der Waals surface area contributed by atoms with E-state index in [9.17, 15) is 29.5 Å². The number of thiophene rings is 1. The van der Waals surface area contributed by atoms with Gasteiger partial charge in [-0.15, -0.1) is 23.1 Å². The maximum atomic E-state index is 13.4. The fourth-order valence-corrected chi connectivity index (χ4v) is 7.24. The summed E-state index contributed by atoms with van der Waals surface area (Å²) in [6.45, 7) is 2.03. The summed E-state index contributed by atoms with van der Waals surface area (Å²) in [5.74, 6) is -2.48.